The highest BCUT2D eigenvalue weighted by atomic mass is 32.1. The molecule has 1 amide bonds. The van der Waals surface area contributed by atoms with Gasteiger partial charge in [0.1, 0.15) is 18.8 Å². The lowest BCUT2D eigenvalue weighted by molar-refractivity contribution is 0.0207. The van der Waals surface area contributed by atoms with Gasteiger partial charge in [-0.05, 0) is 39.8 Å². The first-order valence-corrected chi connectivity index (χ1v) is 11.4. The minimum Gasteiger partial charge on any atom is -0.449 e. The number of carbonyl (C=O) groups excluding carboxylic acids is 1. The van der Waals surface area contributed by atoms with Crippen LogP contribution in [-0.4, -0.2) is 35.6 Å². The smallest absolute Gasteiger partial charge is 0.407 e. The molecule has 6 heteroatoms. The Morgan fingerprint density at radius 1 is 0.938 bits per heavy atom. The number of rotatable bonds is 6. The molecule has 0 saturated heterocycles. The number of benzene rings is 3. The number of aliphatic hydroxyl groups excluding tert-OH is 2. The molecule has 162 valence electrons. The van der Waals surface area contributed by atoms with E-state index in [0.29, 0.717) is 4.88 Å². The van der Waals surface area contributed by atoms with Gasteiger partial charge in [-0.25, -0.2) is 4.79 Å². The number of alkyl carbamates (subject to hydrolysis) is 1. The lowest BCUT2D eigenvalue weighted by Gasteiger charge is -2.18. The van der Waals surface area contributed by atoms with Crippen LogP contribution in [0.15, 0.2) is 78.9 Å². The number of carbonyl (C=O) groups is 1. The molecule has 2 unspecified atom stereocenters. The highest BCUT2D eigenvalue weighted by molar-refractivity contribution is 7.19. The second-order valence-electron chi connectivity index (χ2n) is 7.91. The lowest BCUT2D eigenvalue weighted by atomic mass is 9.98. The number of ether oxygens (including phenoxy) is 1. The predicted octanol–water partition coefficient (Wildman–Crippen LogP) is 4.83. The van der Waals surface area contributed by atoms with Crippen LogP contribution in [0.3, 0.4) is 0 Å². The van der Waals surface area contributed by atoms with Crippen molar-refractivity contribution in [3.8, 4) is 11.1 Å². The van der Waals surface area contributed by atoms with Crippen LogP contribution in [0.4, 0.5) is 4.79 Å². The Morgan fingerprint density at radius 2 is 1.56 bits per heavy atom. The van der Waals surface area contributed by atoms with Crippen LogP contribution in [0.1, 0.15) is 28.0 Å². The molecule has 0 radical (unpaired) electrons. The zero-order valence-corrected chi connectivity index (χ0v) is 18.1. The van der Waals surface area contributed by atoms with Gasteiger partial charge in [0.25, 0.3) is 0 Å². The molecule has 2 atom stereocenters. The van der Waals surface area contributed by atoms with E-state index in [1.165, 1.54) is 22.5 Å². The van der Waals surface area contributed by atoms with E-state index in [0.717, 1.165) is 21.2 Å². The quantitative estimate of drug-likeness (QED) is 0.397. The van der Waals surface area contributed by atoms with Crippen molar-refractivity contribution in [2.75, 3.05) is 13.2 Å². The maximum atomic E-state index is 12.3. The topological polar surface area (TPSA) is 78.8 Å². The number of nitrogens with one attached hydrogen (secondary N) is 1. The van der Waals surface area contributed by atoms with E-state index in [9.17, 15) is 15.0 Å². The summed E-state index contributed by atoms with van der Waals surface area (Å²) in [5, 5.41) is 24.5. The number of hydrogen-bond acceptors (Lipinski definition) is 5. The van der Waals surface area contributed by atoms with Crippen LogP contribution in [0, 0.1) is 0 Å². The summed E-state index contributed by atoms with van der Waals surface area (Å²) < 4.78 is 6.52. The SMILES string of the molecule is O=C(NCC(O)C(O)c1cc2ccccc2s1)OCC1c2ccccc2-c2ccccc21. The summed E-state index contributed by atoms with van der Waals surface area (Å²) in [4.78, 5) is 13.0. The van der Waals surface area contributed by atoms with E-state index in [1.807, 2.05) is 54.6 Å². The van der Waals surface area contributed by atoms with Crippen molar-refractivity contribution in [2.24, 2.45) is 0 Å². The van der Waals surface area contributed by atoms with Gasteiger partial charge < -0.3 is 20.3 Å². The fourth-order valence-electron chi connectivity index (χ4n) is 4.29. The zero-order chi connectivity index (χ0) is 22.1. The lowest BCUT2D eigenvalue weighted by Crippen LogP contribution is -2.36. The van der Waals surface area contributed by atoms with E-state index in [1.54, 1.807) is 0 Å². The molecule has 32 heavy (non-hydrogen) atoms. The minimum absolute atomic E-state index is 0.0257. The zero-order valence-electron chi connectivity index (χ0n) is 17.3. The third-order valence-corrected chi connectivity index (χ3v) is 7.09. The Hall–Kier alpha value is -3.19. The third-order valence-electron chi connectivity index (χ3n) is 5.90. The molecule has 3 N–H and O–H groups in total. The van der Waals surface area contributed by atoms with Gasteiger partial charge in [-0.2, -0.15) is 0 Å². The molecule has 1 aliphatic rings. The maximum absolute atomic E-state index is 12.3. The number of thiophene rings is 1. The van der Waals surface area contributed by atoms with Crippen molar-refractivity contribution in [3.63, 3.8) is 0 Å². The van der Waals surface area contributed by atoms with Gasteiger partial charge in [0, 0.05) is 22.0 Å². The molecule has 0 aliphatic heterocycles. The average Bonchev–Trinajstić information content (AvgIpc) is 3.40. The molecular weight excluding hydrogens is 422 g/mol. The van der Waals surface area contributed by atoms with Crippen LogP contribution in [0.5, 0.6) is 0 Å². The average molecular weight is 446 g/mol. The first-order valence-electron chi connectivity index (χ1n) is 10.6. The van der Waals surface area contributed by atoms with Crippen LogP contribution in [0.2, 0.25) is 0 Å². The van der Waals surface area contributed by atoms with E-state index in [2.05, 4.69) is 29.6 Å². The van der Waals surface area contributed by atoms with Gasteiger partial charge in [0.15, 0.2) is 0 Å². The monoisotopic (exact) mass is 445 g/mol. The van der Waals surface area contributed by atoms with Crippen molar-refractivity contribution in [1.29, 1.82) is 0 Å². The van der Waals surface area contributed by atoms with Gasteiger partial charge in [-0.3, -0.25) is 0 Å². The number of aliphatic hydroxyl groups is 2. The van der Waals surface area contributed by atoms with Gasteiger partial charge in [-0.1, -0.05) is 66.7 Å². The van der Waals surface area contributed by atoms with Crippen LogP contribution >= 0.6 is 11.3 Å². The van der Waals surface area contributed by atoms with Gasteiger partial charge in [0.2, 0.25) is 0 Å². The molecule has 0 spiro atoms. The Morgan fingerprint density at radius 3 is 2.25 bits per heavy atom. The molecule has 0 saturated carbocycles. The summed E-state index contributed by atoms with van der Waals surface area (Å²) in [7, 11) is 0. The van der Waals surface area contributed by atoms with Gasteiger partial charge in [0.05, 0.1) is 0 Å². The molecule has 4 aromatic rings. The molecule has 1 aliphatic carbocycles. The molecule has 0 bridgehead atoms. The number of hydrogen-bond donors (Lipinski definition) is 3. The largest absolute Gasteiger partial charge is 0.449 e. The van der Waals surface area contributed by atoms with Gasteiger partial charge in [-0.15, -0.1) is 11.3 Å². The number of amides is 1. The second-order valence-corrected chi connectivity index (χ2v) is 9.02. The van der Waals surface area contributed by atoms with Crippen LogP contribution < -0.4 is 5.32 Å². The Labute approximate surface area is 189 Å². The molecule has 5 nitrogen and oxygen atoms in total. The molecular formula is C26H23NO4S. The fraction of sp³-hybridized carbons (Fsp3) is 0.192. The second kappa shape index (κ2) is 8.74. The predicted molar refractivity (Wildman–Crippen MR) is 126 cm³/mol. The van der Waals surface area contributed by atoms with Crippen molar-refractivity contribution >= 4 is 27.5 Å². The molecule has 0 fully saturated rings. The summed E-state index contributed by atoms with van der Waals surface area (Å²) in [6, 6.07) is 25.9. The fourth-order valence-corrected chi connectivity index (χ4v) is 5.40. The molecule has 1 heterocycles. The van der Waals surface area contributed by atoms with Crippen molar-refractivity contribution in [2.45, 2.75) is 18.1 Å². The van der Waals surface area contributed by atoms with Crippen molar-refractivity contribution in [1.82, 2.24) is 5.32 Å². The van der Waals surface area contributed by atoms with E-state index >= 15 is 0 Å². The summed E-state index contributed by atoms with van der Waals surface area (Å²) >= 11 is 1.43. The summed E-state index contributed by atoms with van der Waals surface area (Å²) in [5.41, 5.74) is 4.61. The van der Waals surface area contributed by atoms with Crippen LogP contribution in [-0.2, 0) is 4.74 Å². The molecule has 3 aromatic carbocycles. The summed E-state index contributed by atoms with van der Waals surface area (Å²) in [6.07, 6.45) is -2.83. The van der Waals surface area contributed by atoms with Crippen LogP contribution in [0.25, 0.3) is 21.2 Å². The Balaban J connectivity index is 1.18. The first-order chi connectivity index (χ1) is 15.6. The molecule has 1 aromatic heterocycles. The van der Waals surface area contributed by atoms with Crippen molar-refractivity contribution < 1.29 is 19.7 Å². The first kappa shape index (κ1) is 20.7. The third kappa shape index (κ3) is 3.88. The Kier molecular flexibility index (Phi) is 5.66. The van der Waals surface area contributed by atoms with E-state index in [4.69, 9.17) is 4.74 Å². The number of fused-ring (bicyclic) bond motifs is 4. The molecule has 5 rings (SSSR count). The van der Waals surface area contributed by atoms with Crippen molar-refractivity contribution in [3.05, 3.63) is 94.9 Å². The Bertz CT molecular complexity index is 1190. The minimum atomic E-state index is -1.14. The summed E-state index contributed by atoms with van der Waals surface area (Å²) in [6.45, 7) is 0.0981. The highest BCUT2D eigenvalue weighted by Crippen LogP contribution is 2.44. The normalized spacial score (nSPS) is 14.6. The highest BCUT2D eigenvalue weighted by Gasteiger charge is 2.29. The maximum Gasteiger partial charge on any atom is 0.407 e. The summed E-state index contributed by atoms with van der Waals surface area (Å²) in [5.74, 6) is -0.0257. The van der Waals surface area contributed by atoms with Gasteiger partial charge >= 0.3 is 6.09 Å². The van der Waals surface area contributed by atoms with E-state index < -0.39 is 18.3 Å². The standard InChI is InChI=1S/C26H23NO4S/c28-22(25(29)24-13-16-7-1-6-12-23(16)32-24)14-27-26(30)31-15-21-19-10-4-2-8-17(19)18-9-3-5-11-20(18)21/h1-13,21-22,25,28-29H,14-15H2,(H,27,30). The van der Waals surface area contributed by atoms with E-state index in [-0.39, 0.29) is 19.1 Å².